The first-order chi connectivity index (χ1) is 8.70. The van der Waals surface area contributed by atoms with Gasteiger partial charge in [0, 0.05) is 11.6 Å². The number of imidazole rings is 1. The van der Waals surface area contributed by atoms with Gasteiger partial charge in [0.25, 0.3) is 0 Å². The van der Waals surface area contributed by atoms with Crippen LogP contribution in [0.3, 0.4) is 0 Å². The number of fused-ring (bicyclic) bond motifs is 1. The standard InChI is InChI=1S/C12H10ClN3OS/c1-17-8-3-2-4-16-11(14)10(15-12(8)16)9-5-7(13)6-18-9/h2-6H,14H2,1H3. The molecule has 0 fully saturated rings. The van der Waals surface area contributed by atoms with Crippen LogP contribution in [0.2, 0.25) is 5.02 Å². The summed E-state index contributed by atoms with van der Waals surface area (Å²) in [6.45, 7) is 0. The number of rotatable bonds is 2. The Hall–Kier alpha value is -1.72. The van der Waals surface area contributed by atoms with Crippen LogP contribution < -0.4 is 10.5 Å². The van der Waals surface area contributed by atoms with E-state index in [-0.39, 0.29) is 0 Å². The number of ether oxygens (including phenoxy) is 1. The first-order valence-electron chi connectivity index (χ1n) is 5.25. The topological polar surface area (TPSA) is 52.5 Å². The third kappa shape index (κ3) is 1.63. The molecule has 6 heteroatoms. The highest BCUT2D eigenvalue weighted by Crippen LogP contribution is 2.34. The molecule has 4 nitrogen and oxygen atoms in total. The number of pyridine rings is 1. The maximum Gasteiger partial charge on any atom is 0.181 e. The number of methoxy groups -OCH3 is 1. The monoisotopic (exact) mass is 279 g/mol. The SMILES string of the molecule is COc1cccn2c(N)c(-c3cc(Cl)cs3)nc12. The van der Waals surface area contributed by atoms with Gasteiger partial charge in [0.15, 0.2) is 11.4 Å². The number of hydrogen-bond donors (Lipinski definition) is 1. The molecule has 18 heavy (non-hydrogen) atoms. The minimum absolute atomic E-state index is 0.586. The average molecular weight is 280 g/mol. The summed E-state index contributed by atoms with van der Waals surface area (Å²) in [5, 5.41) is 2.55. The fraction of sp³-hybridized carbons (Fsp3) is 0.0833. The highest BCUT2D eigenvalue weighted by molar-refractivity contribution is 7.14. The smallest absolute Gasteiger partial charge is 0.181 e. The molecule has 3 aromatic heterocycles. The van der Waals surface area contributed by atoms with Gasteiger partial charge < -0.3 is 10.5 Å². The molecule has 0 bridgehead atoms. The van der Waals surface area contributed by atoms with Gasteiger partial charge in [-0.25, -0.2) is 4.98 Å². The van der Waals surface area contributed by atoms with E-state index in [1.54, 1.807) is 7.11 Å². The Balaban J connectivity index is 2.28. The van der Waals surface area contributed by atoms with E-state index in [4.69, 9.17) is 22.1 Å². The van der Waals surface area contributed by atoms with Crippen molar-refractivity contribution in [2.24, 2.45) is 0 Å². The van der Waals surface area contributed by atoms with Crippen LogP contribution in [0, 0.1) is 0 Å². The van der Waals surface area contributed by atoms with Gasteiger partial charge in [0.2, 0.25) is 0 Å². The summed E-state index contributed by atoms with van der Waals surface area (Å²) >= 11 is 7.45. The number of nitrogens with zero attached hydrogens (tertiary/aromatic N) is 2. The van der Waals surface area contributed by atoms with E-state index < -0.39 is 0 Å². The molecule has 0 aliphatic carbocycles. The van der Waals surface area contributed by atoms with Crippen LogP contribution in [-0.2, 0) is 0 Å². The van der Waals surface area contributed by atoms with E-state index in [0.717, 1.165) is 10.6 Å². The van der Waals surface area contributed by atoms with Gasteiger partial charge in [-0.2, -0.15) is 0 Å². The van der Waals surface area contributed by atoms with E-state index in [1.165, 1.54) is 11.3 Å². The lowest BCUT2D eigenvalue weighted by Gasteiger charge is -2.01. The number of aromatic nitrogens is 2. The summed E-state index contributed by atoms with van der Waals surface area (Å²) in [7, 11) is 1.61. The molecule has 0 spiro atoms. The molecule has 0 aliphatic heterocycles. The van der Waals surface area contributed by atoms with Gasteiger partial charge in [-0.15, -0.1) is 11.3 Å². The molecular formula is C12H10ClN3OS. The molecule has 0 saturated carbocycles. The van der Waals surface area contributed by atoms with Crippen LogP contribution in [0.1, 0.15) is 0 Å². The highest BCUT2D eigenvalue weighted by atomic mass is 35.5. The molecule has 2 N–H and O–H groups in total. The molecule has 0 radical (unpaired) electrons. The Morgan fingerprint density at radius 1 is 1.50 bits per heavy atom. The zero-order chi connectivity index (χ0) is 12.7. The molecule has 0 aromatic carbocycles. The number of thiophene rings is 1. The first-order valence-corrected chi connectivity index (χ1v) is 6.51. The molecule has 3 aromatic rings. The molecule has 0 amide bonds. The maximum absolute atomic E-state index is 6.11. The molecule has 3 heterocycles. The number of anilines is 1. The van der Waals surface area contributed by atoms with Gasteiger partial charge in [0.05, 0.1) is 17.0 Å². The van der Waals surface area contributed by atoms with Crippen LogP contribution >= 0.6 is 22.9 Å². The van der Waals surface area contributed by atoms with Crippen molar-refractivity contribution in [2.75, 3.05) is 12.8 Å². The van der Waals surface area contributed by atoms with Crippen LogP contribution in [0.15, 0.2) is 29.8 Å². The lowest BCUT2D eigenvalue weighted by atomic mass is 10.3. The molecule has 92 valence electrons. The molecular weight excluding hydrogens is 270 g/mol. The van der Waals surface area contributed by atoms with E-state index in [1.807, 2.05) is 34.2 Å². The second-order valence-corrected chi connectivity index (χ2v) is 5.09. The van der Waals surface area contributed by atoms with Gasteiger partial charge in [-0.05, 0) is 18.2 Å². The molecule has 0 unspecified atom stereocenters. The largest absolute Gasteiger partial charge is 0.493 e. The lowest BCUT2D eigenvalue weighted by molar-refractivity contribution is 0.417. The van der Waals surface area contributed by atoms with Crippen LogP contribution in [-0.4, -0.2) is 16.5 Å². The number of hydrogen-bond acceptors (Lipinski definition) is 4. The second-order valence-electron chi connectivity index (χ2n) is 3.74. The minimum Gasteiger partial charge on any atom is -0.493 e. The van der Waals surface area contributed by atoms with E-state index in [0.29, 0.717) is 22.2 Å². The van der Waals surface area contributed by atoms with E-state index in [9.17, 15) is 0 Å². The quantitative estimate of drug-likeness (QED) is 0.783. The van der Waals surface area contributed by atoms with Crippen molar-refractivity contribution >= 4 is 34.4 Å². The zero-order valence-corrected chi connectivity index (χ0v) is 11.1. The highest BCUT2D eigenvalue weighted by Gasteiger charge is 2.15. The van der Waals surface area contributed by atoms with Crippen molar-refractivity contribution in [3.63, 3.8) is 0 Å². The summed E-state index contributed by atoms with van der Waals surface area (Å²) in [4.78, 5) is 5.48. The lowest BCUT2D eigenvalue weighted by Crippen LogP contribution is -1.94. The first kappa shape index (κ1) is 11.4. The fourth-order valence-corrected chi connectivity index (χ4v) is 2.91. The maximum atomic E-state index is 6.11. The molecule has 0 aliphatic rings. The average Bonchev–Trinajstić information content (AvgIpc) is 2.94. The predicted molar refractivity (Wildman–Crippen MR) is 74.5 cm³/mol. The van der Waals surface area contributed by atoms with Gasteiger partial charge in [0.1, 0.15) is 11.5 Å². The molecule has 0 atom stereocenters. The molecule has 3 rings (SSSR count). The Morgan fingerprint density at radius 3 is 3.00 bits per heavy atom. The fourth-order valence-electron chi connectivity index (χ4n) is 1.84. The van der Waals surface area contributed by atoms with Crippen molar-refractivity contribution in [2.45, 2.75) is 0 Å². The Bertz CT molecular complexity index is 719. The Labute approximate surface area is 113 Å². The number of halogens is 1. The predicted octanol–water partition coefficient (Wildman–Crippen LogP) is 3.31. The molecule has 0 saturated heterocycles. The third-order valence-corrected chi connectivity index (χ3v) is 3.96. The third-order valence-electron chi connectivity index (χ3n) is 2.67. The normalized spacial score (nSPS) is 11.0. The summed E-state index contributed by atoms with van der Waals surface area (Å²) in [6, 6.07) is 5.58. The Morgan fingerprint density at radius 2 is 2.33 bits per heavy atom. The van der Waals surface area contributed by atoms with Crippen LogP contribution in [0.5, 0.6) is 5.75 Å². The van der Waals surface area contributed by atoms with Crippen LogP contribution in [0.25, 0.3) is 16.2 Å². The van der Waals surface area contributed by atoms with E-state index in [2.05, 4.69) is 4.98 Å². The zero-order valence-electron chi connectivity index (χ0n) is 9.55. The second kappa shape index (κ2) is 4.19. The van der Waals surface area contributed by atoms with Crippen molar-refractivity contribution < 1.29 is 4.74 Å². The summed E-state index contributed by atoms with van der Waals surface area (Å²) in [5.41, 5.74) is 7.55. The summed E-state index contributed by atoms with van der Waals surface area (Å²) < 4.78 is 7.08. The van der Waals surface area contributed by atoms with Gasteiger partial charge in [-0.3, -0.25) is 4.40 Å². The van der Waals surface area contributed by atoms with Crippen LogP contribution in [0.4, 0.5) is 5.82 Å². The van der Waals surface area contributed by atoms with Crippen molar-refractivity contribution in [3.8, 4) is 16.3 Å². The minimum atomic E-state index is 0.586. The number of nitrogens with two attached hydrogens (primary N) is 1. The summed E-state index contributed by atoms with van der Waals surface area (Å²) in [5.74, 6) is 1.28. The number of nitrogen functional groups attached to an aromatic ring is 1. The van der Waals surface area contributed by atoms with Crippen molar-refractivity contribution in [1.82, 2.24) is 9.38 Å². The van der Waals surface area contributed by atoms with E-state index >= 15 is 0 Å². The van der Waals surface area contributed by atoms with Gasteiger partial charge in [-0.1, -0.05) is 11.6 Å². The summed E-state index contributed by atoms with van der Waals surface area (Å²) in [6.07, 6.45) is 1.86. The van der Waals surface area contributed by atoms with Crippen molar-refractivity contribution in [3.05, 3.63) is 34.8 Å². The Kier molecular flexibility index (Phi) is 2.65. The van der Waals surface area contributed by atoms with Gasteiger partial charge >= 0.3 is 0 Å². The van der Waals surface area contributed by atoms with Crippen molar-refractivity contribution in [1.29, 1.82) is 0 Å².